The van der Waals surface area contributed by atoms with Crippen LogP contribution in [0.5, 0.6) is 0 Å². The van der Waals surface area contributed by atoms with Gasteiger partial charge in [0.05, 0.1) is 22.5 Å². The van der Waals surface area contributed by atoms with Crippen molar-refractivity contribution in [3.05, 3.63) is 51.3 Å². The molecule has 0 aliphatic rings. The van der Waals surface area contributed by atoms with Crippen LogP contribution in [-0.4, -0.2) is 21.9 Å². The Balaban J connectivity index is 2.09. The fourth-order valence-electron chi connectivity index (χ4n) is 1.64. The van der Waals surface area contributed by atoms with Crippen LogP contribution in [-0.2, 0) is 7.05 Å². The zero-order valence-corrected chi connectivity index (χ0v) is 12.4. The number of carbonyl (C=O) groups excluding carboxylic acids is 1. The van der Waals surface area contributed by atoms with E-state index in [2.05, 4.69) is 15.6 Å². The number of nitrogens with one attached hydrogen (secondary N) is 1. The minimum atomic E-state index is -0.421. The summed E-state index contributed by atoms with van der Waals surface area (Å²) in [4.78, 5) is 11.9. The molecule has 1 aromatic carbocycles. The van der Waals surface area contributed by atoms with Crippen LogP contribution in [0.15, 0.2) is 29.5 Å². The second-order valence-electron chi connectivity index (χ2n) is 4.17. The maximum Gasteiger partial charge on any atom is 0.272 e. The largest absolute Gasteiger partial charge is 0.275 e. The highest BCUT2D eigenvalue weighted by atomic mass is 35.5. The molecular formula is C13H12Cl2N4O. The second kappa shape index (κ2) is 6.07. The number of halogens is 2. The zero-order valence-electron chi connectivity index (χ0n) is 10.9. The molecule has 1 amide bonds. The van der Waals surface area contributed by atoms with E-state index in [-0.39, 0.29) is 5.56 Å². The highest BCUT2D eigenvalue weighted by Crippen LogP contribution is 2.20. The standard InChI is InChI=1S/C13H12Cl2N4O/c1-8-9(7-19(2)18-8)6-16-17-13(20)11-5-10(14)3-4-12(11)15/h3-7H,1-2H3,(H,17,20)/b16-6-. The highest BCUT2D eigenvalue weighted by molar-refractivity contribution is 6.35. The van der Waals surface area contributed by atoms with E-state index in [1.807, 2.05) is 14.0 Å². The number of amides is 1. The van der Waals surface area contributed by atoms with Crippen LogP contribution in [0, 0.1) is 6.92 Å². The van der Waals surface area contributed by atoms with E-state index in [0.29, 0.717) is 10.0 Å². The predicted octanol–water partition coefficient (Wildman–Crippen LogP) is 2.80. The summed E-state index contributed by atoms with van der Waals surface area (Å²) in [6.07, 6.45) is 3.33. The lowest BCUT2D eigenvalue weighted by atomic mass is 10.2. The van der Waals surface area contributed by atoms with Crippen molar-refractivity contribution in [1.82, 2.24) is 15.2 Å². The third-order valence-electron chi connectivity index (χ3n) is 2.59. The molecule has 2 aromatic rings. The van der Waals surface area contributed by atoms with Gasteiger partial charge in [-0.15, -0.1) is 0 Å². The van der Waals surface area contributed by atoms with Crippen LogP contribution in [0.4, 0.5) is 0 Å². The molecule has 1 N–H and O–H groups in total. The topological polar surface area (TPSA) is 59.3 Å². The number of hydrogen-bond acceptors (Lipinski definition) is 3. The van der Waals surface area contributed by atoms with Gasteiger partial charge in [0.25, 0.3) is 5.91 Å². The average Bonchev–Trinajstić information content (AvgIpc) is 2.71. The third-order valence-corrected chi connectivity index (χ3v) is 3.16. The first kappa shape index (κ1) is 14.6. The molecule has 104 valence electrons. The average molecular weight is 311 g/mol. The molecule has 0 spiro atoms. The minimum absolute atomic E-state index is 0.277. The van der Waals surface area contributed by atoms with Crippen LogP contribution < -0.4 is 5.43 Å². The molecule has 0 aliphatic carbocycles. The summed E-state index contributed by atoms with van der Waals surface area (Å²) in [6.45, 7) is 1.86. The van der Waals surface area contributed by atoms with E-state index >= 15 is 0 Å². The lowest BCUT2D eigenvalue weighted by Gasteiger charge is -2.02. The normalized spacial score (nSPS) is 11.0. The number of aromatic nitrogens is 2. The van der Waals surface area contributed by atoms with Gasteiger partial charge in [-0.2, -0.15) is 10.2 Å². The Hall–Kier alpha value is -1.85. The third kappa shape index (κ3) is 3.37. The van der Waals surface area contributed by atoms with Crippen molar-refractivity contribution in [2.45, 2.75) is 6.92 Å². The molecule has 0 saturated heterocycles. The molecule has 0 saturated carbocycles. The Kier molecular flexibility index (Phi) is 4.42. The van der Waals surface area contributed by atoms with Gasteiger partial charge in [0, 0.05) is 23.8 Å². The van der Waals surface area contributed by atoms with Gasteiger partial charge in [-0.05, 0) is 25.1 Å². The number of rotatable bonds is 3. The molecule has 0 aliphatic heterocycles. The molecule has 5 nitrogen and oxygen atoms in total. The number of hydrazone groups is 1. The van der Waals surface area contributed by atoms with Crippen molar-refractivity contribution in [3.8, 4) is 0 Å². The Morgan fingerprint density at radius 2 is 2.20 bits per heavy atom. The summed E-state index contributed by atoms with van der Waals surface area (Å²) >= 11 is 11.8. The van der Waals surface area contributed by atoms with Gasteiger partial charge >= 0.3 is 0 Å². The fourth-order valence-corrected chi connectivity index (χ4v) is 2.01. The predicted molar refractivity (Wildman–Crippen MR) is 79.5 cm³/mol. The number of carbonyl (C=O) groups is 1. The van der Waals surface area contributed by atoms with E-state index in [0.717, 1.165) is 11.3 Å². The molecule has 1 aromatic heterocycles. The van der Waals surface area contributed by atoms with Crippen LogP contribution in [0.3, 0.4) is 0 Å². The lowest BCUT2D eigenvalue weighted by Crippen LogP contribution is -2.18. The first-order chi connectivity index (χ1) is 9.47. The number of hydrogen-bond donors (Lipinski definition) is 1. The molecule has 0 radical (unpaired) electrons. The maximum absolute atomic E-state index is 11.9. The summed E-state index contributed by atoms with van der Waals surface area (Å²) in [6, 6.07) is 4.67. The minimum Gasteiger partial charge on any atom is -0.275 e. The van der Waals surface area contributed by atoms with Gasteiger partial charge in [-0.25, -0.2) is 5.43 Å². The van der Waals surface area contributed by atoms with Crippen molar-refractivity contribution in [2.75, 3.05) is 0 Å². The first-order valence-electron chi connectivity index (χ1n) is 5.76. The van der Waals surface area contributed by atoms with E-state index in [4.69, 9.17) is 23.2 Å². The van der Waals surface area contributed by atoms with Crippen LogP contribution >= 0.6 is 23.2 Å². The molecule has 2 rings (SSSR count). The van der Waals surface area contributed by atoms with Crippen molar-refractivity contribution >= 4 is 35.3 Å². The summed E-state index contributed by atoms with van der Waals surface area (Å²) in [5.41, 5.74) is 4.33. The monoisotopic (exact) mass is 310 g/mol. The zero-order chi connectivity index (χ0) is 14.7. The molecule has 7 heteroatoms. The second-order valence-corrected chi connectivity index (χ2v) is 5.01. The van der Waals surface area contributed by atoms with Crippen molar-refractivity contribution < 1.29 is 4.79 Å². The molecular weight excluding hydrogens is 299 g/mol. The number of benzene rings is 1. The van der Waals surface area contributed by atoms with Gasteiger partial charge in [-0.1, -0.05) is 23.2 Å². The van der Waals surface area contributed by atoms with Crippen LogP contribution in [0.25, 0.3) is 0 Å². The van der Waals surface area contributed by atoms with E-state index in [1.54, 1.807) is 23.0 Å². The highest BCUT2D eigenvalue weighted by Gasteiger charge is 2.10. The fraction of sp³-hybridized carbons (Fsp3) is 0.154. The van der Waals surface area contributed by atoms with E-state index in [1.165, 1.54) is 12.3 Å². The molecule has 0 atom stereocenters. The first-order valence-corrected chi connectivity index (χ1v) is 6.51. The molecule has 0 bridgehead atoms. The summed E-state index contributed by atoms with van der Waals surface area (Å²) in [5, 5.41) is 8.81. The van der Waals surface area contributed by atoms with Gasteiger partial charge < -0.3 is 0 Å². The van der Waals surface area contributed by atoms with Crippen LogP contribution in [0.2, 0.25) is 10.0 Å². The van der Waals surface area contributed by atoms with Gasteiger partial charge in [0.2, 0.25) is 0 Å². The van der Waals surface area contributed by atoms with Gasteiger partial charge in [0.1, 0.15) is 0 Å². The Morgan fingerprint density at radius 3 is 2.85 bits per heavy atom. The molecule has 20 heavy (non-hydrogen) atoms. The SMILES string of the molecule is Cc1nn(C)cc1/C=N\NC(=O)c1cc(Cl)ccc1Cl. The summed E-state index contributed by atoms with van der Waals surface area (Å²) in [7, 11) is 1.81. The Bertz CT molecular complexity index is 679. The van der Waals surface area contributed by atoms with Gasteiger partial charge in [-0.3, -0.25) is 9.48 Å². The number of aryl methyl sites for hydroxylation is 2. The quantitative estimate of drug-likeness (QED) is 0.700. The van der Waals surface area contributed by atoms with Gasteiger partial charge in [0.15, 0.2) is 0 Å². The summed E-state index contributed by atoms with van der Waals surface area (Å²) < 4.78 is 1.67. The lowest BCUT2D eigenvalue weighted by molar-refractivity contribution is 0.0955. The molecule has 1 heterocycles. The Morgan fingerprint density at radius 1 is 1.45 bits per heavy atom. The van der Waals surface area contributed by atoms with E-state index in [9.17, 15) is 4.79 Å². The van der Waals surface area contributed by atoms with E-state index < -0.39 is 5.91 Å². The maximum atomic E-state index is 11.9. The number of nitrogens with zero attached hydrogens (tertiary/aromatic N) is 3. The van der Waals surface area contributed by atoms with Crippen molar-refractivity contribution in [1.29, 1.82) is 0 Å². The van der Waals surface area contributed by atoms with Crippen molar-refractivity contribution in [3.63, 3.8) is 0 Å². The molecule has 0 fully saturated rings. The Labute approximate surface area is 126 Å². The summed E-state index contributed by atoms with van der Waals surface area (Å²) in [5.74, 6) is -0.421. The van der Waals surface area contributed by atoms with Crippen molar-refractivity contribution in [2.24, 2.45) is 12.1 Å². The smallest absolute Gasteiger partial charge is 0.272 e. The van der Waals surface area contributed by atoms with Crippen LogP contribution in [0.1, 0.15) is 21.6 Å². The molecule has 0 unspecified atom stereocenters.